The first-order chi connectivity index (χ1) is 14.0. The van der Waals surface area contributed by atoms with E-state index in [2.05, 4.69) is 14.7 Å². The van der Waals surface area contributed by atoms with Gasteiger partial charge in [0.2, 0.25) is 0 Å². The molecular formula is C19H15N3O7. The second-order valence-electron chi connectivity index (χ2n) is 5.49. The van der Waals surface area contributed by atoms with E-state index in [0.717, 1.165) is 6.33 Å². The largest absolute Gasteiger partial charge is 0.497 e. The highest BCUT2D eigenvalue weighted by Crippen LogP contribution is 2.37. The normalized spacial score (nSPS) is 10.1. The standard InChI is InChI=1S/C19H15N3O7/c1-26-13-7-9-15(10-8-13)29-18-16(22(24)25)17(20-11-21-18)28-14-5-3-12(4-6-14)19(23)27-2/h3-11H,1-2H3. The molecule has 0 N–H and O–H groups in total. The Labute approximate surface area is 164 Å². The van der Waals surface area contributed by atoms with E-state index in [0.29, 0.717) is 17.1 Å². The van der Waals surface area contributed by atoms with Crippen LogP contribution in [0.2, 0.25) is 0 Å². The van der Waals surface area contributed by atoms with Crippen LogP contribution in [0.25, 0.3) is 0 Å². The van der Waals surface area contributed by atoms with Gasteiger partial charge in [-0.25, -0.2) is 4.79 Å². The molecule has 0 unspecified atom stereocenters. The van der Waals surface area contributed by atoms with Crippen LogP contribution in [0, 0.1) is 10.1 Å². The van der Waals surface area contributed by atoms with Crippen LogP contribution in [0.1, 0.15) is 10.4 Å². The third-order valence-corrected chi connectivity index (χ3v) is 3.70. The minimum Gasteiger partial charge on any atom is -0.497 e. The van der Waals surface area contributed by atoms with Crippen molar-refractivity contribution in [1.82, 2.24) is 9.97 Å². The molecule has 3 rings (SSSR count). The van der Waals surface area contributed by atoms with E-state index in [-0.39, 0.29) is 17.5 Å². The van der Waals surface area contributed by atoms with Gasteiger partial charge in [0.1, 0.15) is 23.6 Å². The maximum atomic E-state index is 11.6. The predicted octanol–water partition coefficient (Wildman–Crippen LogP) is 3.76. The summed E-state index contributed by atoms with van der Waals surface area (Å²) < 4.78 is 20.7. The number of rotatable bonds is 7. The quantitative estimate of drug-likeness (QED) is 0.333. The van der Waals surface area contributed by atoms with Crippen LogP contribution < -0.4 is 14.2 Å². The molecule has 0 aliphatic heterocycles. The number of esters is 1. The maximum Gasteiger partial charge on any atom is 0.393 e. The van der Waals surface area contributed by atoms with Gasteiger partial charge >= 0.3 is 23.4 Å². The zero-order chi connectivity index (χ0) is 20.8. The van der Waals surface area contributed by atoms with Gasteiger partial charge in [-0.3, -0.25) is 10.1 Å². The van der Waals surface area contributed by atoms with Crippen molar-refractivity contribution in [2.45, 2.75) is 0 Å². The highest BCUT2D eigenvalue weighted by atomic mass is 16.6. The van der Waals surface area contributed by atoms with Crippen LogP contribution in [-0.2, 0) is 4.74 Å². The van der Waals surface area contributed by atoms with Crippen molar-refractivity contribution >= 4 is 11.7 Å². The summed E-state index contributed by atoms with van der Waals surface area (Å²) in [6.45, 7) is 0. The Morgan fingerprint density at radius 3 is 1.79 bits per heavy atom. The second-order valence-corrected chi connectivity index (χ2v) is 5.49. The average Bonchev–Trinajstić information content (AvgIpc) is 2.74. The summed E-state index contributed by atoms with van der Waals surface area (Å²) in [5, 5.41) is 11.6. The summed E-state index contributed by atoms with van der Waals surface area (Å²) in [6.07, 6.45) is 1.09. The molecule has 1 heterocycles. The molecule has 0 aliphatic rings. The zero-order valence-electron chi connectivity index (χ0n) is 15.4. The summed E-state index contributed by atoms with van der Waals surface area (Å²) in [6, 6.07) is 12.3. The SMILES string of the molecule is COC(=O)c1ccc(Oc2ncnc(Oc3ccc(OC)cc3)c2[N+](=O)[O-])cc1. The lowest BCUT2D eigenvalue weighted by atomic mass is 10.2. The average molecular weight is 397 g/mol. The molecule has 0 bridgehead atoms. The van der Waals surface area contributed by atoms with Gasteiger partial charge < -0.3 is 18.9 Å². The number of nitro groups is 1. The Kier molecular flexibility index (Phi) is 5.83. The molecule has 10 heteroatoms. The number of aromatic nitrogens is 2. The fourth-order valence-electron chi connectivity index (χ4n) is 2.30. The minimum atomic E-state index is -0.697. The third-order valence-electron chi connectivity index (χ3n) is 3.70. The Hall–Kier alpha value is -4.21. The molecule has 29 heavy (non-hydrogen) atoms. The van der Waals surface area contributed by atoms with Crippen molar-refractivity contribution in [1.29, 1.82) is 0 Å². The van der Waals surface area contributed by atoms with Crippen molar-refractivity contribution in [2.75, 3.05) is 14.2 Å². The lowest BCUT2D eigenvalue weighted by Crippen LogP contribution is -2.02. The monoisotopic (exact) mass is 397 g/mol. The molecule has 0 fully saturated rings. The summed E-state index contributed by atoms with van der Waals surface area (Å²) in [5.41, 5.74) is -0.235. The van der Waals surface area contributed by atoms with Crippen LogP contribution in [-0.4, -0.2) is 35.1 Å². The van der Waals surface area contributed by atoms with E-state index < -0.39 is 16.6 Å². The van der Waals surface area contributed by atoms with Crippen LogP contribution in [0.4, 0.5) is 5.69 Å². The molecule has 3 aromatic rings. The van der Waals surface area contributed by atoms with E-state index in [1.165, 1.54) is 38.5 Å². The van der Waals surface area contributed by atoms with Gasteiger partial charge in [-0.2, -0.15) is 9.97 Å². The van der Waals surface area contributed by atoms with E-state index in [4.69, 9.17) is 14.2 Å². The van der Waals surface area contributed by atoms with Gasteiger partial charge in [-0.05, 0) is 48.5 Å². The number of hydrogen-bond acceptors (Lipinski definition) is 9. The highest BCUT2D eigenvalue weighted by molar-refractivity contribution is 5.89. The van der Waals surface area contributed by atoms with Crippen molar-refractivity contribution in [3.8, 4) is 29.0 Å². The molecule has 0 amide bonds. The Balaban J connectivity index is 1.88. The zero-order valence-corrected chi connectivity index (χ0v) is 15.4. The lowest BCUT2D eigenvalue weighted by Gasteiger charge is -2.09. The van der Waals surface area contributed by atoms with Gasteiger partial charge in [0.15, 0.2) is 0 Å². The fraction of sp³-hybridized carbons (Fsp3) is 0.105. The molecule has 0 saturated carbocycles. The Bertz CT molecular complexity index is 1020. The smallest absolute Gasteiger partial charge is 0.393 e. The topological polar surface area (TPSA) is 123 Å². The summed E-state index contributed by atoms with van der Waals surface area (Å²) >= 11 is 0. The van der Waals surface area contributed by atoms with Gasteiger partial charge in [0.25, 0.3) is 0 Å². The number of benzene rings is 2. The van der Waals surface area contributed by atoms with E-state index in [9.17, 15) is 14.9 Å². The molecule has 0 spiro atoms. The van der Waals surface area contributed by atoms with E-state index in [1.807, 2.05) is 0 Å². The number of ether oxygens (including phenoxy) is 4. The van der Waals surface area contributed by atoms with Crippen LogP contribution >= 0.6 is 0 Å². The summed E-state index contributed by atoms with van der Waals surface area (Å²) in [5.74, 6) is 0.0558. The molecular weight excluding hydrogens is 382 g/mol. The third kappa shape index (κ3) is 4.56. The molecule has 10 nitrogen and oxygen atoms in total. The summed E-state index contributed by atoms with van der Waals surface area (Å²) in [4.78, 5) is 30.1. The Morgan fingerprint density at radius 1 is 0.862 bits per heavy atom. The number of nitrogens with zero attached hydrogens (tertiary/aromatic N) is 3. The Morgan fingerprint density at radius 2 is 1.34 bits per heavy atom. The second kappa shape index (κ2) is 8.65. The maximum absolute atomic E-state index is 11.6. The first-order valence-corrected chi connectivity index (χ1v) is 8.19. The van der Waals surface area contributed by atoms with Gasteiger partial charge in [0.05, 0.1) is 24.7 Å². The van der Waals surface area contributed by atoms with E-state index >= 15 is 0 Å². The molecule has 0 radical (unpaired) electrons. The molecule has 2 aromatic carbocycles. The van der Waals surface area contributed by atoms with Crippen molar-refractivity contribution in [3.05, 3.63) is 70.5 Å². The van der Waals surface area contributed by atoms with Crippen molar-refractivity contribution in [2.24, 2.45) is 0 Å². The molecule has 0 atom stereocenters. The highest BCUT2D eigenvalue weighted by Gasteiger charge is 2.27. The minimum absolute atomic E-state index is 0.231. The molecule has 1 aromatic heterocycles. The van der Waals surface area contributed by atoms with Crippen molar-refractivity contribution < 1.29 is 28.7 Å². The van der Waals surface area contributed by atoms with Crippen molar-refractivity contribution in [3.63, 3.8) is 0 Å². The predicted molar refractivity (Wildman–Crippen MR) is 99.6 cm³/mol. The fourth-order valence-corrected chi connectivity index (χ4v) is 2.30. The molecule has 0 saturated heterocycles. The van der Waals surface area contributed by atoms with Gasteiger partial charge in [0, 0.05) is 0 Å². The molecule has 148 valence electrons. The lowest BCUT2D eigenvalue weighted by molar-refractivity contribution is -0.387. The van der Waals surface area contributed by atoms with Gasteiger partial charge in [-0.15, -0.1) is 0 Å². The first kappa shape index (κ1) is 19.5. The number of methoxy groups -OCH3 is 2. The summed E-state index contributed by atoms with van der Waals surface area (Å²) in [7, 11) is 2.79. The first-order valence-electron chi connectivity index (χ1n) is 8.19. The van der Waals surface area contributed by atoms with E-state index in [1.54, 1.807) is 24.3 Å². The number of carbonyl (C=O) groups excluding carboxylic acids is 1. The van der Waals surface area contributed by atoms with Crippen LogP contribution in [0.15, 0.2) is 54.9 Å². The van der Waals surface area contributed by atoms with Gasteiger partial charge in [-0.1, -0.05) is 0 Å². The number of hydrogen-bond donors (Lipinski definition) is 0. The van der Waals surface area contributed by atoms with Crippen LogP contribution in [0.5, 0.6) is 29.0 Å². The van der Waals surface area contributed by atoms with Crippen LogP contribution in [0.3, 0.4) is 0 Å². The molecule has 0 aliphatic carbocycles. The number of carbonyl (C=O) groups is 1.